The minimum absolute atomic E-state index is 0.0242. The van der Waals surface area contributed by atoms with Gasteiger partial charge in [-0.25, -0.2) is 4.39 Å². The van der Waals surface area contributed by atoms with Crippen molar-refractivity contribution in [2.75, 3.05) is 11.1 Å². The van der Waals surface area contributed by atoms with Gasteiger partial charge in [-0.3, -0.25) is 9.59 Å². The van der Waals surface area contributed by atoms with Gasteiger partial charge in [-0.1, -0.05) is 11.6 Å². The molecule has 6 heteroatoms. The van der Waals surface area contributed by atoms with Crippen LogP contribution in [0.4, 0.5) is 10.1 Å². The van der Waals surface area contributed by atoms with Crippen molar-refractivity contribution in [3.63, 3.8) is 0 Å². The third kappa shape index (κ3) is 4.48. The number of nitrogens with one attached hydrogen (secondary N) is 2. The van der Waals surface area contributed by atoms with Crippen molar-refractivity contribution in [2.24, 2.45) is 0 Å². The highest BCUT2D eigenvalue weighted by Gasteiger charge is 2.06. The van der Waals surface area contributed by atoms with Gasteiger partial charge in [-0.05, 0) is 43.3 Å². The van der Waals surface area contributed by atoms with Gasteiger partial charge in [-0.2, -0.15) is 0 Å². The fraction of sp³-hybridized carbons (Fsp3) is 0.158. The maximum atomic E-state index is 12.8. The van der Waals surface area contributed by atoms with Gasteiger partial charge in [0.05, 0.1) is 5.75 Å². The van der Waals surface area contributed by atoms with Crippen LogP contribution in [0.1, 0.15) is 11.3 Å². The number of hydrogen-bond donors (Lipinski definition) is 2. The van der Waals surface area contributed by atoms with Crippen LogP contribution >= 0.6 is 11.8 Å². The van der Waals surface area contributed by atoms with E-state index in [4.69, 9.17) is 0 Å². The zero-order valence-corrected chi connectivity index (χ0v) is 14.5. The van der Waals surface area contributed by atoms with Crippen molar-refractivity contribution >= 4 is 34.3 Å². The number of rotatable bonds is 5. The first-order chi connectivity index (χ1) is 12.0. The predicted molar refractivity (Wildman–Crippen MR) is 100 cm³/mol. The first-order valence-electron chi connectivity index (χ1n) is 7.77. The second-order valence-corrected chi connectivity index (χ2v) is 6.74. The van der Waals surface area contributed by atoms with E-state index in [0.29, 0.717) is 16.8 Å². The van der Waals surface area contributed by atoms with Crippen LogP contribution in [0.2, 0.25) is 0 Å². The van der Waals surface area contributed by atoms with Crippen molar-refractivity contribution in [1.29, 1.82) is 0 Å². The van der Waals surface area contributed by atoms with E-state index >= 15 is 0 Å². The molecule has 0 unspecified atom stereocenters. The Morgan fingerprint density at radius 1 is 1.16 bits per heavy atom. The van der Waals surface area contributed by atoms with Gasteiger partial charge in [0.1, 0.15) is 5.82 Å². The molecule has 0 saturated carbocycles. The molecule has 0 bridgehead atoms. The molecule has 0 spiro atoms. The summed E-state index contributed by atoms with van der Waals surface area (Å²) in [6.45, 7) is 1.95. The third-order valence-corrected chi connectivity index (χ3v) is 4.64. The van der Waals surface area contributed by atoms with E-state index < -0.39 is 0 Å². The molecule has 0 aliphatic heterocycles. The number of halogens is 1. The van der Waals surface area contributed by atoms with Crippen molar-refractivity contribution in [2.45, 2.75) is 12.7 Å². The Balaban J connectivity index is 1.59. The Morgan fingerprint density at radius 3 is 2.68 bits per heavy atom. The van der Waals surface area contributed by atoms with E-state index in [1.54, 1.807) is 6.07 Å². The number of thioether (sulfide) groups is 1. The van der Waals surface area contributed by atoms with Gasteiger partial charge in [-0.15, -0.1) is 11.8 Å². The minimum atomic E-state index is -0.345. The number of hydrogen-bond acceptors (Lipinski definition) is 3. The van der Waals surface area contributed by atoms with Crippen LogP contribution in [0.5, 0.6) is 0 Å². The molecule has 25 heavy (non-hydrogen) atoms. The summed E-state index contributed by atoms with van der Waals surface area (Å²) in [5, 5.41) is 3.37. The maximum absolute atomic E-state index is 12.8. The Morgan fingerprint density at radius 2 is 1.92 bits per heavy atom. The molecule has 128 valence electrons. The van der Waals surface area contributed by atoms with Gasteiger partial charge in [0.2, 0.25) is 5.91 Å². The van der Waals surface area contributed by atoms with Crippen LogP contribution in [0.15, 0.2) is 53.3 Å². The second-order valence-electron chi connectivity index (χ2n) is 5.76. The number of H-pyrrole nitrogens is 1. The number of carbonyl (C=O) groups is 1. The highest BCUT2D eigenvalue weighted by Crippen LogP contribution is 2.15. The molecule has 0 aliphatic rings. The number of aromatic amines is 1. The molecule has 2 N–H and O–H groups in total. The molecule has 4 nitrogen and oxygen atoms in total. The molecule has 0 atom stereocenters. The van der Waals surface area contributed by atoms with E-state index in [1.807, 2.05) is 25.1 Å². The molecule has 1 aromatic heterocycles. The van der Waals surface area contributed by atoms with Gasteiger partial charge in [0, 0.05) is 34.1 Å². The van der Waals surface area contributed by atoms with Gasteiger partial charge in [0.15, 0.2) is 5.43 Å². The molecular formula is C19H17FN2O2S. The summed E-state index contributed by atoms with van der Waals surface area (Å²) in [6.07, 6.45) is 0. The number of aryl methyl sites for hydroxylation is 1. The second kappa shape index (κ2) is 7.53. The summed E-state index contributed by atoms with van der Waals surface area (Å²) >= 11 is 1.40. The lowest BCUT2D eigenvalue weighted by atomic mass is 10.1. The number of pyridine rings is 1. The fourth-order valence-electron chi connectivity index (χ4n) is 2.48. The molecule has 2 aromatic carbocycles. The maximum Gasteiger partial charge on any atom is 0.234 e. The van der Waals surface area contributed by atoms with E-state index in [-0.39, 0.29) is 22.9 Å². The number of aromatic nitrogens is 1. The van der Waals surface area contributed by atoms with Gasteiger partial charge in [0.25, 0.3) is 0 Å². The van der Waals surface area contributed by atoms with Crippen molar-refractivity contribution < 1.29 is 9.18 Å². The Hall–Kier alpha value is -2.60. The molecule has 3 aromatic rings. The number of amides is 1. The lowest BCUT2D eigenvalue weighted by Crippen LogP contribution is -2.14. The molecule has 1 amide bonds. The minimum Gasteiger partial charge on any atom is -0.357 e. The van der Waals surface area contributed by atoms with Crippen LogP contribution in [-0.2, 0) is 10.5 Å². The lowest BCUT2D eigenvalue weighted by Gasteiger charge is -2.06. The lowest BCUT2D eigenvalue weighted by molar-refractivity contribution is -0.113. The van der Waals surface area contributed by atoms with Crippen molar-refractivity contribution in [3.05, 3.63) is 75.8 Å². The largest absolute Gasteiger partial charge is 0.357 e. The first kappa shape index (κ1) is 17.2. The number of anilines is 1. The van der Waals surface area contributed by atoms with Crippen molar-refractivity contribution in [1.82, 2.24) is 4.98 Å². The van der Waals surface area contributed by atoms with E-state index in [0.717, 1.165) is 16.8 Å². The van der Waals surface area contributed by atoms with Crippen LogP contribution in [0, 0.1) is 12.7 Å². The summed E-state index contributed by atoms with van der Waals surface area (Å²) < 4.78 is 12.8. The number of fused-ring (bicyclic) bond motifs is 1. The number of benzene rings is 2. The molecular weight excluding hydrogens is 339 g/mol. The Labute approximate surface area is 148 Å². The third-order valence-electron chi connectivity index (χ3n) is 3.66. The van der Waals surface area contributed by atoms with Crippen LogP contribution in [-0.4, -0.2) is 16.6 Å². The summed E-state index contributed by atoms with van der Waals surface area (Å²) in [7, 11) is 0. The van der Waals surface area contributed by atoms with E-state index in [1.165, 1.54) is 36.0 Å². The Kier molecular flexibility index (Phi) is 5.19. The van der Waals surface area contributed by atoms with Crippen LogP contribution in [0.3, 0.4) is 0 Å². The summed E-state index contributed by atoms with van der Waals surface area (Å²) in [5.74, 6) is 0.250. The topological polar surface area (TPSA) is 62.0 Å². The van der Waals surface area contributed by atoms with Crippen LogP contribution in [0.25, 0.3) is 10.9 Å². The molecule has 1 heterocycles. The highest BCUT2D eigenvalue weighted by atomic mass is 32.2. The smallest absolute Gasteiger partial charge is 0.234 e. The summed E-state index contributed by atoms with van der Waals surface area (Å²) in [4.78, 5) is 27.3. The standard InChI is InChI=1S/C19H17FN2O2S/c1-12-2-7-17-16(8-12)18(23)9-15(21-17)10-25-11-19(24)22-14-5-3-13(20)4-6-14/h2-9H,10-11H2,1H3,(H,21,23)(H,22,24). The van der Waals surface area contributed by atoms with E-state index in [9.17, 15) is 14.0 Å². The van der Waals surface area contributed by atoms with E-state index in [2.05, 4.69) is 10.3 Å². The highest BCUT2D eigenvalue weighted by molar-refractivity contribution is 7.99. The molecule has 0 fully saturated rings. The Bertz CT molecular complexity index is 967. The first-order valence-corrected chi connectivity index (χ1v) is 8.92. The zero-order chi connectivity index (χ0) is 17.8. The van der Waals surface area contributed by atoms with Crippen LogP contribution < -0.4 is 10.7 Å². The van der Waals surface area contributed by atoms with Crippen molar-refractivity contribution in [3.8, 4) is 0 Å². The average molecular weight is 356 g/mol. The molecule has 0 radical (unpaired) electrons. The fourth-order valence-corrected chi connectivity index (χ4v) is 3.21. The average Bonchev–Trinajstić information content (AvgIpc) is 2.58. The summed E-state index contributed by atoms with van der Waals surface area (Å²) in [5.41, 5.74) is 3.15. The molecule has 3 rings (SSSR count). The summed E-state index contributed by atoms with van der Waals surface area (Å²) in [6, 6.07) is 12.9. The molecule has 0 saturated heterocycles. The zero-order valence-electron chi connectivity index (χ0n) is 13.6. The monoisotopic (exact) mass is 356 g/mol. The predicted octanol–water partition coefficient (Wildman–Crippen LogP) is 3.85. The SMILES string of the molecule is Cc1ccc2[nH]c(CSCC(=O)Nc3ccc(F)cc3)cc(=O)c2c1. The quantitative estimate of drug-likeness (QED) is 0.730. The molecule has 0 aliphatic carbocycles. The number of carbonyl (C=O) groups excluding carboxylic acids is 1. The van der Waals surface area contributed by atoms with Gasteiger partial charge < -0.3 is 10.3 Å². The van der Waals surface area contributed by atoms with Gasteiger partial charge >= 0.3 is 0 Å². The normalized spacial score (nSPS) is 10.8.